The average Bonchev–Trinajstić information content (AvgIpc) is 2.30. The van der Waals surface area contributed by atoms with Crippen LogP contribution in [0.5, 0.6) is 0 Å². The number of carbonyl (C=O) groups excluding carboxylic acids is 1. The summed E-state index contributed by atoms with van der Waals surface area (Å²) in [5.41, 5.74) is 0. The molecule has 0 radical (unpaired) electrons. The molecule has 2 N–H and O–H groups in total. The highest BCUT2D eigenvalue weighted by molar-refractivity contribution is 7.99. The van der Waals surface area contributed by atoms with Gasteiger partial charge in [0.05, 0.1) is 12.5 Å². The highest BCUT2D eigenvalue weighted by atomic mass is 32.2. The predicted molar refractivity (Wildman–Crippen MR) is 68.2 cm³/mol. The van der Waals surface area contributed by atoms with Crippen LogP contribution in [0.3, 0.4) is 0 Å². The molecule has 6 heteroatoms. The quantitative estimate of drug-likeness (QED) is 0.749. The van der Waals surface area contributed by atoms with Crippen LogP contribution in [-0.2, 0) is 9.59 Å². The van der Waals surface area contributed by atoms with E-state index < -0.39 is 5.97 Å². The monoisotopic (exact) mass is 260 g/mol. The Morgan fingerprint density at radius 2 is 2.29 bits per heavy atom. The third kappa shape index (κ3) is 4.20. The number of hydrogen-bond acceptors (Lipinski definition) is 4. The van der Waals surface area contributed by atoms with Crippen molar-refractivity contribution in [1.82, 2.24) is 10.2 Å². The Bertz CT molecular complexity index is 280. The minimum atomic E-state index is -0.866. The smallest absolute Gasteiger partial charge is 0.305 e. The van der Waals surface area contributed by atoms with Gasteiger partial charge in [-0.15, -0.1) is 0 Å². The molecule has 98 valence electrons. The highest BCUT2D eigenvalue weighted by Crippen LogP contribution is 2.13. The summed E-state index contributed by atoms with van der Waals surface area (Å²) < 4.78 is 0. The first-order valence-electron chi connectivity index (χ1n) is 5.89. The second-order valence-corrected chi connectivity index (χ2v) is 5.30. The molecule has 1 saturated heterocycles. The molecule has 1 amide bonds. The summed E-state index contributed by atoms with van der Waals surface area (Å²) in [5, 5.41) is 11.9. The molecule has 5 nitrogen and oxygen atoms in total. The van der Waals surface area contributed by atoms with Crippen LogP contribution >= 0.6 is 11.8 Å². The van der Waals surface area contributed by atoms with Crippen molar-refractivity contribution in [2.75, 3.05) is 24.6 Å². The van der Waals surface area contributed by atoms with E-state index >= 15 is 0 Å². The number of likely N-dealkylation sites (N-methyl/N-ethyl adjacent to an activating group) is 1. The molecule has 1 heterocycles. The molecule has 0 aromatic carbocycles. The van der Waals surface area contributed by atoms with Gasteiger partial charge in [0.1, 0.15) is 0 Å². The second-order valence-electron chi connectivity index (χ2n) is 4.15. The summed E-state index contributed by atoms with van der Waals surface area (Å²) in [4.78, 5) is 24.5. The number of carboxylic acid groups (broad SMARTS) is 1. The van der Waals surface area contributed by atoms with Gasteiger partial charge in [-0.1, -0.05) is 0 Å². The Morgan fingerprint density at radius 1 is 1.59 bits per heavy atom. The van der Waals surface area contributed by atoms with Crippen LogP contribution < -0.4 is 5.32 Å². The SMILES string of the molecule is CCN(C(=O)C1CSCCN1)C(C)CC(=O)O. The number of rotatable bonds is 5. The van der Waals surface area contributed by atoms with Gasteiger partial charge in [-0.2, -0.15) is 11.8 Å². The van der Waals surface area contributed by atoms with E-state index in [0.717, 1.165) is 18.1 Å². The third-order valence-electron chi connectivity index (χ3n) is 2.85. The average molecular weight is 260 g/mol. The number of amides is 1. The molecule has 0 aromatic rings. The van der Waals surface area contributed by atoms with E-state index in [0.29, 0.717) is 6.54 Å². The van der Waals surface area contributed by atoms with Crippen LogP contribution in [0.4, 0.5) is 0 Å². The van der Waals surface area contributed by atoms with Gasteiger partial charge in [0.2, 0.25) is 5.91 Å². The number of carboxylic acids is 1. The van der Waals surface area contributed by atoms with Crippen molar-refractivity contribution < 1.29 is 14.7 Å². The van der Waals surface area contributed by atoms with E-state index in [2.05, 4.69) is 5.32 Å². The van der Waals surface area contributed by atoms with Crippen LogP contribution in [0, 0.1) is 0 Å². The van der Waals surface area contributed by atoms with Gasteiger partial charge in [-0.05, 0) is 13.8 Å². The molecule has 1 aliphatic rings. The number of hydrogen-bond donors (Lipinski definition) is 2. The first-order chi connectivity index (χ1) is 8.06. The van der Waals surface area contributed by atoms with Crippen LogP contribution in [0.1, 0.15) is 20.3 Å². The van der Waals surface area contributed by atoms with Crippen molar-refractivity contribution in [2.24, 2.45) is 0 Å². The maximum absolute atomic E-state index is 12.2. The maximum atomic E-state index is 12.2. The normalized spacial score (nSPS) is 21.9. The Morgan fingerprint density at radius 3 is 2.76 bits per heavy atom. The molecule has 1 rings (SSSR count). The van der Waals surface area contributed by atoms with Gasteiger partial charge in [-0.25, -0.2) is 0 Å². The fourth-order valence-corrected chi connectivity index (χ4v) is 2.90. The summed E-state index contributed by atoms with van der Waals surface area (Å²) in [5.74, 6) is 0.957. The van der Waals surface area contributed by atoms with Crippen LogP contribution in [0.25, 0.3) is 0 Å². The lowest BCUT2D eigenvalue weighted by Crippen LogP contribution is -2.53. The molecule has 0 spiro atoms. The third-order valence-corrected chi connectivity index (χ3v) is 3.91. The lowest BCUT2D eigenvalue weighted by molar-refractivity contribution is -0.141. The molecular formula is C11H20N2O3S. The van der Waals surface area contributed by atoms with Gasteiger partial charge in [-0.3, -0.25) is 9.59 Å². The Balaban J connectivity index is 2.58. The number of nitrogens with zero attached hydrogens (tertiary/aromatic N) is 1. The number of carbonyl (C=O) groups is 2. The van der Waals surface area contributed by atoms with Crippen LogP contribution in [0.15, 0.2) is 0 Å². The van der Waals surface area contributed by atoms with E-state index in [4.69, 9.17) is 5.11 Å². The maximum Gasteiger partial charge on any atom is 0.305 e. The van der Waals surface area contributed by atoms with Crippen molar-refractivity contribution in [1.29, 1.82) is 0 Å². The van der Waals surface area contributed by atoms with Crippen molar-refractivity contribution in [3.8, 4) is 0 Å². The lowest BCUT2D eigenvalue weighted by Gasteiger charge is -2.32. The van der Waals surface area contributed by atoms with E-state index in [9.17, 15) is 9.59 Å². The van der Waals surface area contributed by atoms with E-state index in [-0.39, 0.29) is 24.4 Å². The van der Waals surface area contributed by atoms with E-state index in [1.807, 2.05) is 6.92 Å². The fraction of sp³-hybridized carbons (Fsp3) is 0.818. The van der Waals surface area contributed by atoms with E-state index in [1.54, 1.807) is 23.6 Å². The standard InChI is InChI=1S/C11H20N2O3S/c1-3-13(8(2)6-10(14)15)11(16)9-7-17-5-4-12-9/h8-9,12H,3-7H2,1-2H3,(H,14,15). The summed E-state index contributed by atoms with van der Waals surface area (Å²) >= 11 is 1.76. The highest BCUT2D eigenvalue weighted by Gasteiger charge is 2.28. The number of nitrogens with one attached hydrogen (secondary N) is 1. The van der Waals surface area contributed by atoms with Gasteiger partial charge >= 0.3 is 5.97 Å². The minimum Gasteiger partial charge on any atom is -0.481 e. The van der Waals surface area contributed by atoms with E-state index in [1.165, 1.54) is 0 Å². The van der Waals surface area contributed by atoms with Crippen LogP contribution in [0.2, 0.25) is 0 Å². The zero-order valence-electron chi connectivity index (χ0n) is 10.3. The fourth-order valence-electron chi connectivity index (χ4n) is 1.97. The largest absolute Gasteiger partial charge is 0.481 e. The van der Waals surface area contributed by atoms with Crippen molar-refractivity contribution >= 4 is 23.6 Å². The van der Waals surface area contributed by atoms with Crippen molar-refractivity contribution in [3.05, 3.63) is 0 Å². The molecule has 1 fully saturated rings. The molecule has 2 unspecified atom stereocenters. The topological polar surface area (TPSA) is 69.6 Å². The minimum absolute atomic E-state index is 0.000553. The number of aliphatic carboxylic acids is 1. The number of thioether (sulfide) groups is 1. The molecule has 0 saturated carbocycles. The van der Waals surface area contributed by atoms with Gasteiger partial charge < -0.3 is 15.3 Å². The Kier molecular flexibility index (Phi) is 5.77. The molecule has 2 atom stereocenters. The van der Waals surface area contributed by atoms with Crippen LogP contribution in [-0.4, -0.2) is 58.6 Å². The molecule has 0 bridgehead atoms. The second kappa shape index (κ2) is 6.86. The molecular weight excluding hydrogens is 240 g/mol. The first kappa shape index (κ1) is 14.3. The van der Waals surface area contributed by atoms with Crippen molar-refractivity contribution in [2.45, 2.75) is 32.4 Å². The molecule has 17 heavy (non-hydrogen) atoms. The van der Waals surface area contributed by atoms with Gasteiger partial charge in [0.25, 0.3) is 0 Å². The summed E-state index contributed by atoms with van der Waals surface area (Å²) in [7, 11) is 0. The first-order valence-corrected chi connectivity index (χ1v) is 7.05. The Hall–Kier alpha value is -0.750. The lowest BCUT2D eigenvalue weighted by atomic mass is 10.1. The predicted octanol–water partition coefficient (Wildman–Crippen LogP) is 0.403. The summed E-state index contributed by atoms with van der Waals surface area (Å²) in [6.45, 7) is 5.06. The zero-order chi connectivity index (χ0) is 12.8. The summed E-state index contributed by atoms with van der Waals surface area (Å²) in [6.07, 6.45) is -0.000553. The molecule has 0 aliphatic carbocycles. The van der Waals surface area contributed by atoms with Gasteiger partial charge in [0, 0.05) is 30.6 Å². The van der Waals surface area contributed by atoms with Crippen molar-refractivity contribution in [3.63, 3.8) is 0 Å². The van der Waals surface area contributed by atoms with Gasteiger partial charge in [0.15, 0.2) is 0 Å². The summed E-state index contributed by atoms with van der Waals surface area (Å²) in [6, 6.07) is -0.413. The Labute approximate surface area is 106 Å². The molecule has 0 aromatic heterocycles. The zero-order valence-corrected chi connectivity index (χ0v) is 11.1. The molecule has 1 aliphatic heterocycles.